The highest BCUT2D eigenvalue weighted by atomic mass is 32.1. The Balaban J connectivity index is 2.11. The molecule has 0 spiro atoms. The van der Waals surface area contributed by atoms with Crippen LogP contribution in [0.15, 0.2) is 12.1 Å². The first kappa shape index (κ1) is 21.2. The maximum atomic E-state index is 11.5. The van der Waals surface area contributed by atoms with Gasteiger partial charge < -0.3 is 0 Å². The molecule has 2 heterocycles. The number of carbonyl (C=O) groups is 2. The van der Waals surface area contributed by atoms with Crippen molar-refractivity contribution in [3.05, 3.63) is 33.0 Å². The van der Waals surface area contributed by atoms with Crippen LogP contribution in [0, 0.1) is 0 Å². The van der Waals surface area contributed by atoms with Crippen LogP contribution in [-0.2, 0) is 12.8 Å². The third kappa shape index (κ3) is 4.55. The Hall–Kier alpha value is -1.52. The van der Waals surface area contributed by atoms with E-state index in [0.29, 0.717) is 0 Å². The first-order chi connectivity index (χ1) is 13.7. The third-order valence-corrected chi connectivity index (χ3v) is 7.74. The smallest absolute Gasteiger partial charge is 0.160 e. The zero-order chi connectivity index (χ0) is 19.9. The molecule has 150 valence electrons. The predicted molar refractivity (Wildman–Crippen MR) is 124 cm³/mol. The Kier molecular flexibility index (Phi) is 7.81. The van der Waals surface area contributed by atoms with E-state index in [9.17, 15) is 9.59 Å². The van der Waals surface area contributed by atoms with Crippen LogP contribution in [-0.4, -0.2) is 12.6 Å². The lowest BCUT2D eigenvalue weighted by Gasteiger charge is -2.13. The van der Waals surface area contributed by atoms with Gasteiger partial charge in [0, 0.05) is 20.2 Å². The van der Waals surface area contributed by atoms with Crippen LogP contribution in [0.4, 0.5) is 0 Å². The number of aryl methyl sites for hydroxylation is 2. The van der Waals surface area contributed by atoms with Crippen LogP contribution in [0.1, 0.15) is 95.7 Å². The van der Waals surface area contributed by atoms with Gasteiger partial charge in [0.2, 0.25) is 0 Å². The molecule has 0 N–H and O–H groups in total. The Morgan fingerprint density at radius 3 is 1.46 bits per heavy atom. The number of carbonyl (C=O) groups excluding carboxylic acids is 2. The van der Waals surface area contributed by atoms with E-state index in [2.05, 4.69) is 13.8 Å². The second-order valence-corrected chi connectivity index (χ2v) is 9.76. The summed E-state index contributed by atoms with van der Waals surface area (Å²) < 4.78 is 2.54. The lowest BCUT2D eigenvalue weighted by molar-refractivity contribution is 0.111. The SMILES string of the molecule is CCCCCCc1c(CCCCCC)c2sc(C=O)cc2c2cc(C=O)sc12. The number of unbranched alkanes of at least 4 members (excludes halogenated alkanes) is 6. The number of aldehydes is 2. The molecule has 0 aliphatic heterocycles. The number of thiophene rings is 2. The summed E-state index contributed by atoms with van der Waals surface area (Å²) in [4.78, 5) is 24.5. The van der Waals surface area contributed by atoms with Gasteiger partial charge in [0.15, 0.2) is 12.6 Å². The second-order valence-electron chi connectivity index (χ2n) is 7.60. The first-order valence-corrected chi connectivity index (χ1v) is 12.3. The molecular formula is C24H30O2S2. The lowest BCUT2D eigenvalue weighted by Crippen LogP contribution is -1.97. The topological polar surface area (TPSA) is 34.1 Å². The highest BCUT2D eigenvalue weighted by molar-refractivity contribution is 7.22. The molecule has 4 heteroatoms. The molecule has 0 amide bonds. The summed E-state index contributed by atoms with van der Waals surface area (Å²) in [6.07, 6.45) is 14.0. The summed E-state index contributed by atoms with van der Waals surface area (Å²) in [6.45, 7) is 4.48. The minimum absolute atomic E-state index is 0.785. The molecule has 0 atom stereocenters. The molecule has 3 rings (SSSR count). The molecule has 0 saturated heterocycles. The number of rotatable bonds is 12. The van der Waals surface area contributed by atoms with Gasteiger partial charge in [0.05, 0.1) is 9.75 Å². The minimum atomic E-state index is 0.785. The van der Waals surface area contributed by atoms with Crippen LogP contribution in [0.2, 0.25) is 0 Å². The fourth-order valence-corrected chi connectivity index (χ4v) is 6.22. The van der Waals surface area contributed by atoms with E-state index in [1.807, 2.05) is 12.1 Å². The summed E-state index contributed by atoms with van der Waals surface area (Å²) in [5.74, 6) is 0. The first-order valence-electron chi connectivity index (χ1n) is 10.6. The number of hydrogen-bond donors (Lipinski definition) is 0. The van der Waals surface area contributed by atoms with E-state index in [0.717, 1.165) is 45.9 Å². The molecule has 28 heavy (non-hydrogen) atoms. The Labute approximate surface area is 176 Å². The summed E-state index contributed by atoms with van der Waals surface area (Å²) in [5.41, 5.74) is 2.88. The van der Waals surface area contributed by atoms with Gasteiger partial charge in [-0.05, 0) is 48.9 Å². The summed E-state index contributed by atoms with van der Waals surface area (Å²) in [6, 6.07) is 4.04. The van der Waals surface area contributed by atoms with Crippen LogP contribution < -0.4 is 0 Å². The van der Waals surface area contributed by atoms with Gasteiger partial charge >= 0.3 is 0 Å². The molecule has 0 bridgehead atoms. The van der Waals surface area contributed by atoms with Crippen molar-refractivity contribution in [2.24, 2.45) is 0 Å². The quantitative estimate of drug-likeness (QED) is 0.222. The van der Waals surface area contributed by atoms with Gasteiger partial charge in [-0.2, -0.15) is 0 Å². The van der Waals surface area contributed by atoms with Crippen molar-refractivity contribution in [3.63, 3.8) is 0 Å². The molecule has 2 aromatic heterocycles. The summed E-state index contributed by atoms with van der Waals surface area (Å²) in [5, 5.41) is 2.32. The van der Waals surface area contributed by atoms with Crippen LogP contribution in [0.3, 0.4) is 0 Å². The van der Waals surface area contributed by atoms with Crippen molar-refractivity contribution in [3.8, 4) is 0 Å². The maximum Gasteiger partial charge on any atom is 0.160 e. The molecule has 0 radical (unpaired) electrons. The third-order valence-electron chi connectivity index (χ3n) is 5.50. The molecular weight excluding hydrogens is 384 g/mol. The minimum Gasteiger partial charge on any atom is -0.297 e. The fraction of sp³-hybridized carbons (Fsp3) is 0.500. The number of benzene rings is 1. The Bertz CT molecular complexity index is 871. The van der Waals surface area contributed by atoms with Gasteiger partial charge in [0.25, 0.3) is 0 Å². The van der Waals surface area contributed by atoms with E-state index in [1.54, 1.807) is 22.7 Å². The maximum absolute atomic E-state index is 11.5. The van der Waals surface area contributed by atoms with Gasteiger partial charge in [-0.3, -0.25) is 9.59 Å². The van der Waals surface area contributed by atoms with Gasteiger partial charge in [-0.15, -0.1) is 22.7 Å². The van der Waals surface area contributed by atoms with E-state index in [4.69, 9.17) is 0 Å². The monoisotopic (exact) mass is 414 g/mol. The average Bonchev–Trinajstić information content (AvgIpc) is 3.33. The van der Waals surface area contributed by atoms with Crippen molar-refractivity contribution < 1.29 is 9.59 Å². The highest BCUT2D eigenvalue weighted by Gasteiger charge is 2.19. The van der Waals surface area contributed by atoms with E-state index < -0.39 is 0 Å². The lowest BCUT2D eigenvalue weighted by atomic mass is 9.93. The van der Waals surface area contributed by atoms with Crippen molar-refractivity contribution in [2.75, 3.05) is 0 Å². The normalized spacial score (nSPS) is 11.5. The largest absolute Gasteiger partial charge is 0.297 e. The van der Waals surface area contributed by atoms with Crippen molar-refractivity contribution in [2.45, 2.75) is 78.1 Å². The van der Waals surface area contributed by atoms with Gasteiger partial charge in [-0.1, -0.05) is 52.4 Å². The Morgan fingerprint density at radius 2 is 1.11 bits per heavy atom. The zero-order valence-electron chi connectivity index (χ0n) is 17.0. The van der Waals surface area contributed by atoms with Crippen molar-refractivity contribution in [1.82, 2.24) is 0 Å². The molecule has 0 aliphatic carbocycles. The second kappa shape index (κ2) is 10.3. The number of fused-ring (bicyclic) bond motifs is 3. The van der Waals surface area contributed by atoms with Gasteiger partial charge in [0.1, 0.15) is 0 Å². The van der Waals surface area contributed by atoms with Crippen molar-refractivity contribution >= 4 is 55.4 Å². The van der Waals surface area contributed by atoms with Crippen LogP contribution in [0.25, 0.3) is 20.2 Å². The molecule has 0 fully saturated rings. The Morgan fingerprint density at radius 1 is 0.679 bits per heavy atom. The number of hydrogen-bond acceptors (Lipinski definition) is 4. The summed E-state index contributed by atoms with van der Waals surface area (Å²) >= 11 is 3.25. The standard InChI is InChI=1S/C24H30O2S2/c1-3-5-7-9-11-19-20(12-10-8-6-4-2)24-22(14-18(16-26)28-24)21-13-17(15-25)27-23(19)21/h13-16H,3-12H2,1-2H3. The molecule has 0 aliphatic rings. The van der Waals surface area contributed by atoms with E-state index in [-0.39, 0.29) is 0 Å². The molecule has 2 nitrogen and oxygen atoms in total. The van der Waals surface area contributed by atoms with Crippen molar-refractivity contribution in [1.29, 1.82) is 0 Å². The molecule has 0 unspecified atom stereocenters. The molecule has 3 aromatic rings. The molecule has 1 aromatic carbocycles. The van der Waals surface area contributed by atoms with E-state index >= 15 is 0 Å². The average molecular weight is 415 g/mol. The fourth-order valence-electron chi connectivity index (χ4n) is 4.04. The van der Waals surface area contributed by atoms with E-state index in [1.165, 1.54) is 71.9 Å². The molecule has 0 saturated carbocycles. The summed E-state index contributed by atoms with van der Waals surface area (Å²) in [7, 11) is 0. The highest BCUT2D eigenvalue weighted by Crippen LogP contribution is 2.42. The van der Waals surface area contributed by atoms with Gasteiger partial charge in [-0.25, -0.2) is 0 Å². The van der Waals surface area contributed by atoms with Crippen LogP contribution in [0.5, 0.6) is 0 Å². The van der Waals surface area contributed by atoms with Crippen LogP contribution >= 0.6 is 22.7 Å². The predicted octanol–water partition coefficient (Wildman–Crippen LogP) is 7.99. The zero-order valence-corrected chi connectivity index (χ0v) is 18.6.